The van der Waals surface area contributed by atoms with Crippen LogP contribution in [0.25, 0.3) is 0 Å². The minimum Gasteiger partial charge on any atom is -0.496 e. The van der Waals surface area contributed by atoms with Gasteiger partial charge in [-0.3, -0.25) is 9.59 Å². The van der Waals surface area contributed by atoms with Gasteiger partial charge in [0.05, 0.1) is 25.5 Å². The van der Waals surface area contributed by atoms with Crippen molar-refractivity contribution in [1.29, 1.82) is 0 Å². The van der Waals surface area contributed by atoms with Gasteiger partial charge in [0.25, 0.3) is 11.8 Å². The van der Waals surface area contributed by atoms with E-state index < -0.39 is 5.91 Å². The number of anilines is 1. The molecule has 0 aromatic heterocycles. The molecule has 2 N–H and O–H groups in total. The van der Waals surface area contributed by atoms with Crippen LogP contribution in [0.15, 0.2) is 42.5 Å². The van der Waals surface area contributed by atoms with Crippen molar-refractivity contribution in [2.24, 2.45) is 0 Å². The average Bonchev–Trinajstić information content (AvgIpc) is 2.60. The fourth-order valence-electron chi connectivity index (χ4n) is 2.18. The molecule has 0 fully saturated rings. The summed E-state index contributed by atoms with van der Waals surface area (Å²) >= 11 is 0. The molecule has 2 amide bonds. The fraction of sp³-hybridized carbons (Fsp3) is 0.176. The van der Waals surface area contributed by atoms with Crippen molar-refractivity contribution in [2.45, 2.75) is 0 Å². The third-order valence-electron chi connectivity index (χ3n) is 3.30. The predicted octanol–water partition coefficient (Wildman–Crippen LogP) is 2.32. The maximum atomic E-state index is 12.6. The molecular formula is C17H18N2O4. The number of methoxy groups -OCH3 is 2. The van der Waals surface area contributed by atoms with Gasteiger partial charge in [-0.05, 0) is 24.3 Å². The van der Waals surface area contributed by atoms with E-state index in [2.05, 4.69) is 10.6 Å². The Labute approximate surface area is 134 Å². The predicted molar refractivity (Wildman–Crippen MR) is 87.3 cm³/mol. The molecule has 0 atom stereocenters. The summed E-state index contributed by atoms with van der Waals surface area (Å²) in [5.74, 6) is 0.0714. The number of nitrogens with one attached hydrogen (secondary N) is 2. The molecule has 0 saturated carbocycles. The largest absolute Gasteiger partial charge is 0.496 e. The van der Waals surface area contributed by atoms with Gasteiger partial charge in [-0.2, -0.15) is 0 Å². The first kappa shape index (κ1) is 16.4. The maximum absolute atomic E-state index is 12.6. The molecular weight excluding hydrogens is 296 g/mol. The van der Waals surface area contributed by atoms with Crippen molar-refractivity contribution in [2.75, 3.05) is 26.6 Å². The second kappa shape index (κ2) is 7.31. The number of hydrogen-bond donors (Lipinski definition) is 2. The molecule has 6 nitrogen and oxygen atoms in total. The first-order chi connectivity index (χ1) is 11.1. The Bertz CT molecular complexity index is 706. The molecule has 120 valence electrons. The molecule has 2 rings (SSSR count). The third-order valence-corrected chi connectivity index (χ3v) is 3.30. The highest BCUT2D eigenvalue weighted by Gasteiger charge is 2.20. The molecule has 0 aliphatic rings. The quantitative estimate of drug-likeness (QED) is 0.888. The molecule has 0 heterocycles. The Morgan fingerprint density at radius 3 is 2.04 bits per heavy atom. The average molecular weight is 314 g/mol. The number of rotatable bonds is 5. The Balaban J connectivity index is 2.39. The second-order valence-electron chi connectivity index (χ2n) is 4.62. The molecule has 0 bridgehead atoms. The van der Waals surface area contributed by atoms with Crippen LogP contribution in [0, 0.1) is 0 Å². The third kappa shape index (κ3) is 3.42. The van der Waals surface area contributed by atoms with E-state index in [9.17, 15) is 9.59 Å². The minimum absolute atomic E-state index is 0.268. The molecule has 0 radical (unpaired) electrons. The standard InChI is InChI=1S/C17H18N2O4/c1-18-16(20)11-7-4-5-8-12(11)19-17(21)15-13(22-2)9-6-10-14(15)23-3/h4-10H,1-3H3,(H,18,20)(H,19,21). The van der Waals surface area contributed by atoms with E-state index >= 15 is 0 Å². The minimum atomic E-state index is -0.421. The molecule has 23 heavy (non-hydrogen) atoms. The highest BCUT2D eigenvalue weighted by atomic mass is 16.5. The van der Waals surface area contributed by atoms with Gasteiger partial charge in [-0.15, -0.1) is 0 Å². The van der Waals surface area contributed by atoms with Crippen LogP contribution in [0.3, 0.4) is 0 Å². The van der Waals surface area contributed by atoms with Gasteiger partial charge < -0.3 is 20.1 Å². The molecule has 2 aromatic rings. The van der Waals surface area contributed by atoms with Crippen molar-refractivity contribution in [3.63, 3.8) is 0 Å². The van der Waals surface area contributed by atoms with Crippen LogP contribution in [0.5, 0.6) is 11.5 Å². The second-order valence-corrected chi connectivity index (χ2v) is 4.62. The number of carbonyl (C=O) groups excluding carboxylic acids is 2. The summed E-state index contributed by atoms with van der Waals surface area (Å²) in [5.41, 5.74) is 1.05. The molecule has 0 aliphatic heterocycles. The molecule has 0 spiro atoms. The Morgan fingerprint density at radius 2 is 1.48 bits per heavy atom. The topological polar surface area (TPSA) is 76.7 Å². The van der Waals surface area contributed by atoms with E-state index in [1.54, 1.807) is 42.5 Å². The zero-order valence-electron chi connectivity index (χ0n) is 13.2. The number of benzene rings is 2. The summed E-state index contributed by atoms with van der Waals surface area (Å²) in [6.07, 6.45) is 0. The lowest BCUT2D eigenvalue weighted by Crippen LogP contribution is -2.22. The van der Waals surface area contributed by atoms with Crippen molar-refractivity contribution in [1.82, 2.24) is 5.32 Å². The fourth-order valence-corrected chi connectivity index (χ4v) is 2.18. The van der Waals surface area contributed by atoms with Crippen molar-refractivity contribution >= 4 is 17.5 Å². The van der Waals surface area contributed by atoms with Gasteiger partial charge in [-0.25, -0.2) is 0 Å². The smallest absolute Gasteiger partial charge is 0.263 e. The van der Waals surface area contributed by atoms with E-state index in [4.69, 9.17) is 9.47 Å². The summed E-state index contributed by atoms with van der Waals surface area (Å²) in [7, 11) is 4.48. The Morgan fingerprint density at radius 1 is 0.870 bits per heavy atom. The maximum Gasteiger partial charge on any atom is 0.263 e. The van der Waals surface area contributed by atoms with E-state index in [1.807, 2.05) is 0 Å². The molecule has 0 saturated heterocycles. The van der Waals surface area contributed by atoms with Crippen molar-refractivity contribution in [3.05, 3.63) is 53.6 Å². The van der Waals surface area contributed by atoms with Gasteiger partial charge in [0.2, 0.25) is 0 Å². The summed E-state index contributed by atoms with van der Waals surface area (Å²) < 4.78 is 10.5. The number of para-hydroxylation sites is 1. The molecule has 0 aliphatic carbocycles. The van der Waals surface area contributed by atoms with Crippen molar-refractivity contribution in [3.8, 4) is 11.5 Å². The summed E-state index contributed by atoms with van der Waals surface area (Å²) in [6, 6.07) is 11.8. The van der Waals surface area contributed by atoms with E-state index in [0.29, 0.717) is 22.7 Å². The van der Waals surface area contributed by atoms with Gasteiger partial charge >= 0.3 is 0 Å². The van der Waals surface area contributed by atoms with E-state index in [0.717, 1.165) is 0 Å². The monoisotopic (exact) mass is 314 g/mol. The number of hydrogen-bond acceptors (Lipinski definition) is 4. The first-order valence-electron chi connectivity index (χ1n) is 6.95. The van der Waals surface area contributed by atoms with Gasteiger partial charge in [0.15, 0.2) is 0 Å². The summed E-state index contributed by atoms with van der Waals surface area (Å²) in [6.45, 7) is 0. The first-order valence-corrected chi connectivity index (χ1v) is 6.95. The van der Waals surface area contributed by atoms with Crippen LogP contribution in [-0.2, 0) is 0 Å². The number of amides is 2. The Hall–Kier alpha value is -3.02. The zero-order valence-corrected chi connectivity index (χ0v) is 13.2. The van der Waals surface area contributed by atoms with Crippen LogP contribution in [0.1, 0.15) is 20.7 Å². The number of carbonyl (C=O) groups is 2. The van der Waals surface area contributed by atoms with E-state index in [-0.39, 0.29) is 11.5 Å². The van der Waals surface area contributed by atoms with Crippen molar-refractivity contribution < 1.29 is 19.1 Å². The van der Waals surface area contributed by atoms with Crippen LogP contribution in [-0.4, -0.2) is 33.1 Å². The lowest BCUT2D eigenvalue weighted by molar-refractivity contribution is 0.0964. The van der Waals surface area contributed by atoms with Crippen LogP contribution in [0.4, 0.5) is 5.69 Å². The summed E-state index contributed by atoms with van der Waals surface area (Å²) in [5, 5.41) is 5.27. The van der Waals surface area contributed by atoms with Gasteiger partial charge in [0.1, 0.15) is 17.1 Å². The van der Waals surface area contributed by atoms with Gasteiger partial charge in [0, 0.05) is 7.05 Å². The SMILES string of the molecule is CNC(=O)c1ccccc1NC(=O)c1c(OC)cccc1OC. The van der Waals surface area contributed by atoms with Gasteiger partial charge in [-0.1, -0.05) is 18.2 Å². The van der Waals surface area contributed by atoms with Crippen LogP contribution < -0.4 is 20.1 Å². The van der Waals surface area contributed by atoms with Crippen LogP contribution >= 0.6 is 0 Å². The Kier molecular flexibility index (Phi) is 5.19. The van der Waals surface area contributed by atoms with Crippen LogP contribution in [0.2, 0.25) is 0 Å². The number of ether oxygens (including phenoxy) is 2. The zero-order chi connectivity index (χ0) is 16.8. The molecule has 0 unspecified atom stereocenters. The lowest BCUT2D eigenvalue weighted by Gasteiger charge is -2.14. The molecule has 6 heteroatoms. The lowest BCUT2D eigenvalue weighted by atomic mass is 10.1. The summed E-state index contributed by atoms with van der Waals surface area (Å²) in [4.78, 5) is 24.5. The molecule has 2 aromatic carbocycles. The highest BCUT2D eigenvalue weighted by Crippen LogP contribution is 2.29. The normalized spacial score (nSPS) is 9.87. The van der Waals surface area contributed by atoms with E-state index in [1.165, 1.54) is 21.3 Å². The highest BCUT2D eigenvalue weighted by molar-refractivity contribution is 6.11.